The lowest BCUT2D eigenvalue weighted by Gasteiger charge is -2.56. The van der Waals surface area contributed by atoms with Crippen molar-refractivity contribution in [1.29, 1.82) is 0 Å². The number of ether oxygens (including phenoxy) is 1. The van der Waals surface area contributed by atoms with Crippen LogP contribution < -0.4 is 11.1 Å². The molecule has 0 aliphatic heterocycles. The zero-order valence-electron chi connectivity index (χ0n) is 16.6. The number of carbonyl (C=O) groups excluding carboxylic acids is 3. The van der Waals surface area contributed by atoms with Crippen LogP contribution >= 0.6 is 11.3 Å². The van der Waals surface area contributed by atoms with E-state index >= 15 is 0 Å². The lowest BCUT2D eigenvalue weighted by molar-refractivity contribution is -0.154. The van der Waals surface area contributed by atoms with Crippen LogP contribution in [0.5, 0.6) is 0 Å². The average Bonchev–Trinajstić information content (AvgIpc) is 3.18. The van der Waals surface area contributed by atoms with Crippen molar-refractivity contribution in [3.63, 3.8) is 0 Å². The van der Waals surface area contributed by atoms with Crippen molar-refractivity contribution in [1.82, 2.24) is 0 Å². The van der Waals surface area contributed by atoms with E-state index in [9.17, 15) is 14.4 Å². The lowest BCUT2D eigenvalue weighted by Crippen LogP contribution is -2.47. The molecule has 4 bridgehead atoms. The van der Waals surface area contributed by atoms with Crippen LogP contribution in [0.2, 0.25) is 0 Å². The summed E-state index contributed by atoms with van der Waals surface area (Å²) in [6.45, 7) is -0.314. The SMILES string of the molecule is NC(=O)c1c(NC(=O)COC(=O)CC23CC4CC(CC(C4)C2)C3)sc2c1CCC2. The molecular formula is C22H28N2O4S. The minimum Gasteiger partial charge on any atom is -0.456 e. The van der Waals surface area contributed by atoms with Crippen molar-refractivity contribution in [2.24, 2.45) is 28.9 Å². The van der Waals surface area contributed by atoms with E-state index in [0.29, 0.717) is 17.0 Å². The van der Waals surface area contributed by atoms with E-state index in [1.165, 1.54) is 30.6 Å². The molecule has 29 heavy (non-hydrogen) atoms. The van der Waals surface area contributed by atoms with Gasteiger partial charge in [0.2, 0.25) is 0 Å². The van der Waals surface area contributed by atoms with Crippen LogP contribution in [0.15, 0.2) is 0 Å². The fourth-order valence-electron chi connectivity index (χ4n) is 6.93. The van der Waals surface area contributed by atoms with E-state index in [1.54, 1.807) is 0 Å². The highest BCUT2D eigenvalue weighted by atomic mass is 32.1. The molecular weight excluding hydrogens is 388 g/mol. The first-order valence-corrected chi connectivity index (χ1v) is 11.6. The molecule has 0 atom stereocenters. The zero-order chi connectivity index (χ0) is 20.2. The normalized spacial score (nSPS) is 31.5. The zero-order valence-corrected chi connectivity index (χ0v) is 17.4. The van der Waals surface area contributed by atoms with Crippen LogP contribution in [0.3, 0.4) is 0 Å². The average molecular weight is 417 g/mol. The monoisotopic (exact) mass is 416 g/mol. The molecule has 0 spiro atoms. The maximum atomic E-state index is 12.5. The van der Waals surface area contributed by atoms with Crippen LogP contribution in [0.1, 0.15) is 72.2 Å². The predicted molar refractivity (Wildman–Crippen MR) is 110 cm³/mol. The molecule has 5 aliphatic carbocycles. The van der Waals surface area contributed by atoms with E-state index in [4.69, 9.17) is 10.5 Å². The van der Waals surface area contributed by atoms with Crippen LogP contribution in [0.4, 0.5) is 5.00 Å². The van der Waals surface area contributed by atoms with E-state index in [1.807, 2.05) is 0 Å². The summed E-state index contributed by atoms with van der Waals surface area (Å²) < 4.78 is 5.33. The number of nitrogens with one attached hydrogen (secondary N) is 1. The summed E-state index contributed by atoms with van der Waals surface area (Å²) in [6, 6.07) is 0. The Labute approximate surface area is 174 Å². The Morgan fingerprint density at radius 2 is 1.72 bits per heavy atom. The van der Waals surface area contributed by atoms with Crippen molar-refractivity contribution in [3.05, 3.63) is 16.0 Å². The maximum absolute atomic E-state index is 12.5. The molecule has 156 valence electrons. The van der Waals surface area contributed by atoms with Gasteiger partial charge in [-0.2, -0.15) is 0 Å². The third kappa shape index (κ3) is 3.58. The third-order valence-electron chi connectivity index (χ3n) is 7.47. The van der Waals surface area contributed by atoms with Gasteiger partial charge in [0.1, 0.15) is 5.00 Å². The van der Waals surface area contributed by atoms with Gasteiger partial charge in [0, 0.05) is 4.88 Å². The molecule has 5 aliphatic rings. The summed E-state index contributed by atoms with van der Waals surface area (Å²) in [7, 11) is 0. The second-order valence-corrected chi connectivity index (χ2v) is 10.8. The van der Waals surface area contributed by atoms with Gasteiger partial charge in [-0.05, 0) is 86.5 Å². The van der Waals surface area contributed by atoms with Crippen LogP contribution in [0, 0.1) is 23.2 Å². The molecule has 0 unspecified atom stereocenters. The van der Waals surface area contributed by atoms with Crippen molar-refractivity contribution in [2.45, 2.75) is 64.2 Å². The number of amides is 2. The number of fused-ring (bicyclic) bond motifs is 1. The molecule has 4 saturated carbocycles. The second-order valence-electron chi connectivity index (χ2n) is 9.73. The number of hydrogen-bond acceptors (Lipinski definition) is 5. The van der Waals surface area contributed by atoms with E-state index in [2.05, 4.69) is 5.32 Å². The van der Waals surface area contributed by atoms with Crippen LogP contribution in [-0.4, -0.2) is 24.4 Å². The van der Waals surface area contributed by atoms with Crippen LogP contribution in [0.25, 0.3) is 0 Å². The van der Waals surface area contributed by atoms with E-state index in [0.717, 1.165) is 66.7 Å². The Kier molecular flexibility index (Phi) is 4.68. The van der Waals surface area contributed by atoms with Crippen molar-refractivity contribution >= 4 is 34.1 Å². The largest absolute Gasteiger partial charge is 0.456 e. The Balaban J connectivity index is 1.17. The summed E-state index contributed by atoms with van der Waals surface area (Å²) in [5.41, 5.74) is 7.03. The highest BCUT2D eigenvalue weighted by Crippen LogP contribution is 2.61. The first-order valence-electron chi connectivity index (χ1n) is 10.8. The van der Waals surface area contributed by atoms with Gasteiger partial charge in [-0.25, -0.2) is 0 Å². The fourth-order valence-corrected chi connectivity index (χ4v) is 8.24. The number of anilines is 1. The lowest BCUT2D eigenvalue weighted by atomic mass is 9.49. The Morgan fingerprint density at radius 3 is 2.34 bits per heavy atom. The number of aryl methyl sites for hydroxylation is 1. The second kappa shape index (κ2) is 7.11. The molecule has 0 radical (unpaired) electrons. The summed E-state index contributed by atoms with van der Waals surface area (Å²) in [5.74, 6) is 1.15. The van der Waals surface area contributed by atoms with Gasteiger partial charge >= 0.3 is 5.97 Å². The number of primary amides is 1. The summed E-state index contributed by atoms with van der Waals surface area (Å²) >= 11 is 1.41. The van der Waals surface area contributed by atoms with Gasteiger partial charge in [-0.1, -0.05) is 0 Å². The molecule has 7 heteroatoms. The first kappa shape index (κ1) is 19.1. The molecule has 2 amide bonds. The summed E-state index contributed by atoms with van der Waals surface area (Å²) in [4.78, 5) is 37.8. The van der Waals surface area contributed by atoms with Gasteiger partial charge < -0.3 is 15.8 Å². The molecule has 1 heterocycles. The highest BCUT2D eigenvalue weighted by Gasteiger charge is 2.51. The van der Waals surface area contributed by atoms with Gasteiger partial charge in [-0.3, -0.25) is 14.4 Å². The Hall–Kier alpha value is -1.89. The van der Waals surface area contributed by atoms with Gasteiger partial charge in [-0.15, -0.1) is 11.3 Å². The summed E-state index contributed by atoms with van der Waals surface area (Å²) in [5, 5.41) is 3.23. The topological polar surface area (TPSA) is 98.5 Å². The smallest absolute Gasteiger partial charge is 0.306 e. The Bertz CT molecular complexity index is 839. The number of rotatable bonds is 6. The molecule has 6 rings (SSSR count). The molecule has 4 fully saturated rings. The number of hydrogen-bond donors (Lipinski definition) is 2. The van der Waals surface area contributed by atoms with Crippen molar-refractivity contribution in [2.75, 3.05) is 11.9 Å². The predicted octanol–water partition coefficient (Wildman–Crippen LogP) is 3.42. The van der Waals surface area contributed by atoms with Gasteiger partial charge in [0.15, 0.2) is 6.61 Å². The number of nitrogens with two attached hydrogens (primary N) is 1. The third-order valence-corrected chi connectivity index (χ3v) is 8.68. The quantitative estimate of drug-likeness (QED) is 0.694. The van der Waals surface area contributed by atoms with Crippen molar-refractivity contribution < 1.29 is 19.1 Å². The minimum atomic E-state index is -0.515. The molecule has 3 N–H and O–H groups in total. The molecule has 0 saturated heterocycles. The molecule has 0 aromatic carbocycles. The Morgan fingerprint density at radius 1 is 1.07 bits per heavy atom. The van der Waals surface area contributed by atoms with Crippen LogP contribution in [-0.2, 0) is 27.2 Å². The standard InChI is InChI=1S/C22H28N2O4S/c23-20(27)19-15-2-1-3-16(15)29-21(19)24-17(25)11-28-18(26)10-22-7-12-4-13(8-22)6-14(5-12)9-22/h12-14H,1-11H2,(H2,23,27)(H,24,25). The first-order chi connectivity index (χ1) is 13.9. The molecule has 1 aromatic heterocycles. The van der Waals surface area contributed by atoms with E-state index < -0.39 is 11.8 Å². The maximum Gasteiger partial charge on any atom is 0.306 e. The minimum absolute atomic E-state index is 0.107. The highest BCUT2D eigenvalue weighted by molar-refractivity contribution is 7.17. The van der Waals surface area contributed by atoms with Gasteiger partial charge in [0.05, 0.1) is 12.0 Å². The van der Waals surface area contributed by atoms with Crippen molar-refractivity contribution in [3.8, 4) is 0 Å². The summed E-state index contributed by atoms with van der Waals surface area (Å²) in [6.07, 6.45) is 10.6. The van der Waals surface area contributed by atoms with Gasteiger partial charge in [0.25, 0.3) is 11.8 Å². The molecule has 6 nitrogen and oxygen atoms in total. The number of carbonyl (C=O) groups is 3. The molecule has 1 aromatic rings. The number of thiophene rings is 1. The fraction of sp³-hybridized carbons (Fsp3) is 0.682. The van der Waals surface area contributed by atoms with E-state index in [-0.39, 0.29) is 18.0 Å². The number of esters is 1.